The summed E-state index contributed by atoms with van der Waals surface area (Å²) in [5, 5.41) is 0. The molecule has 0 unspecified atom stereocenters. The van der Waals surface area contributed by atoms with Crippen LogP contribution in [0.3, 0.4) is 0 Å². The Bertz CT molecular complexity index is 103. The van der Waals surface area contributed by atoms with Crippen LogP contribution in [0.5, 0.6) is 0 Å². The van der Waals surface area contributed by atoms with Crippen LogP contribution in [0.15, 0.2) is 0 Å². The van der Waals surface area contributed by atoms with E-state index < -0.39 is 0 Å². The zero-order valence-electron chi connectivity index (χ0n) is 11.5. The van der Waals surface area contributed by atoms with Crippen LogP contribution in [0.1, 0.15) is 65.2 Å². The number of unbranched alkanes of at least 4 members (excludes halogenated alkanes) is 6. The normalized spacial score (nSPS) is 10.0. The fourth-order valence-electron chi connectivity index (χ4n) is 1.23. The Kier molecular flexibility index (Phi) is 26.0. The molecule has 4 nitrogen and oxygen atoms in total. The van der Waals surface area contributed by atoms with E-state index in [1.54, 1.807) is 0 Å². The molecule has 0 aliphatic carbocycles. The Labute approximate surface area is 119 Å². The third-order valence-corrected chi connectivity index (χ3v) is 2.73. The lowest BCUT2D eigenvalue weighted by atomic mass is 10.2. The third kappa shape index (κ3) is 25.3. The van der Waals surface area contributed by atoms with Crippen LogP contribution in [-0.2, 0) is 8.58 Å². The van der Waals surface area contributed by atoms with E-state index in [9.17, 15) is 9.32 Å². The first-order valence-corrected chi connectivity index (χ1v) is 7.84. The lowest BCUT2D eigenvalue weighted by Crippen LogP contribution is -2.04. The molecule has 0 saturated heterocycles. The molecule has 0 heterocycles. The molecule has 0 aromatic carbocycles. The summed E-state index contributed by atoms with van der Waals surface area (Å²) in [6.07, 6.45) is 9.26. The molecule has 0 rings (SSSR count). The van der Waals surface area contributed by atoms with E-state index in [1.807, 2.05) is 0 Å². The van der Waals surface area contributed by atoms with Gasteiger partial charge in [0, 0.05) is 0 Å². The van der Waals surface area contributed by atoms with Gasteiger partial charge in [0.2, 0.25) is 0 Å². The van der Waals surface area contributed by atoms with Crippen molar-refractivity contribution in [3.8, 4) is 0 Å². The molecule has 0 fully saturated rings. The van der Waals surface area contributed by atoms with Gasteiger partial charge in [-0.25, -0.2) is 0 Å². The molecule has 112 valence electrons. The lowest BCUT2D eigenvalue weighted by Gasteiger charge is -1.92. The summed E-state index contributed by atoms with van der Waals surface area (Å²) in [7, 11) is 0. The van der Waals surface area contributed by atoms with Crippen molar-refractivity contribution in [3.63, 3.8) is 0 Å². The largest absolute Gasteiger partial charge is 0.506 e. The van der Waals surface area contributed by atoms with Crippen LogP contribution in [0, 0.1) is 22.7 Å². The molecule has 0 atom stereocenters. The van der Waals surface area contributed by atoms with Crippen LogP contribution < -0.4 is 9.32 Å². The summed E-state index contributed by atoms with van der Waals surface area (Å²) in [6.45, 7) is 5.47. The Balaban J connectivity index is 0. The maximum Gasteiger partial charge on any atom is 0.330 e. The summed E-state index contributed by atoms with van der Waals surface area (Å²) >= 11 is 1.21. The quantitative estimate of drug-likeness (QED) is 0.515. The van der Waals surface area contributed by atoms with Crippen LogP contribution in [0.2, 0.25) is 0 Å². The van der Waals surface area contributed by atoms with Crippen molar-refractivity contribution in [3.05, 3.63) is 0 Å². The van der Waals surface area contributed by atoms with E-state index in [-0.39, 0.29) is 0 Å². The van der Waals surface area contributed by atoms with E-state index in [0.29, 0.717) is 35.9 Å². The Morgan fingerprint density at radius 1 is 0.667 bits per heavy atom. The molecule has 0 bridgehead atoms. The Morgan fingerprint density at radius 3 is 1.33 bits per heavy atom. The smallest absolute Gasteiger partial charge is 0.330 e. The van der Waals surface area contributed by atoms with Gasteiger partial charge in [0.15, 0.2) is 0 Å². The maximum atomic E-state index is 9.60. The molecule has 0 aliphatic heterocycles. The van der Waals surface area contributed by atoms with E-state index in [4.69, 9.17) is 0 Å². The van der Waals surface area contributed by atoms with E-state index >= 15 is 0 Å². The van der Waals surface area contributed by atoms with Gasteiger partial charge in [-0.1, -0.05) is 52.4 Å². The second kappa shape index (κ2) is 22.6. The SMILES string of the molecule is CCCCCCO[Cl+][O-].CCCCCCO[Cl+][O-]. The molecule has 0 aliphatic rings. The Morgan fingerprint density at radius 2 is 1.06 bits per heavy atom. The van der Waals surface area contributed by atoms with Crippen molar-refractivity contribution < 1.29 is 40.5 Å². The number of halogens is 2. The van der Waals surface area contributed by atoms with Gasteiger partial charge in [-0.2, -0.15) is 0 Å². The van der Waals surface area contributed by atoms with Gasteiger partial charge < -0.3 is 9.32 Å². The van der Waals surface area contributed by atoms with Crippen LogP contribution >= 0.6 is 0 Å². The summed E-state index contributed by atoms with van der Waals surface area (Å²) in [5.41, 5.74) is 0. The van der Waals surface area contributed by atoms with Crippen molar-refractivity contribution >= 4 is 0 Å². The van der Waals surface area contributed by atoms with Gasteiger partial charge in [-0.05, 0) is 12.8 Å². The highest BCUT2D eigenvalue weighted by atomic mass is 35.6. The standard InChI is InChI=1S/2C6H13ClO2/c2*1-2-3-4-5-6-9-7-8/h2*2-6H2,1H3. The monoisotopic (exact) mass is 304 g/mol. The lowest BCUT2D eigenvalue weighted by molar-refractivity contribution is -1.27. The van der Waals surface area contributed by atoms with Gasteiger partial charge in [-0.15, -0.1) is 8.58 Å². The zero-order chi connectivity index (χ0) is 13.9. The molecule has 0 aromatic heterocycles. The molecule has 18 heavy (non-hydrogen) atoms. The minimum atomic E-state index is 0.581. The Hall–Kier alpha value is 0.420. The van der Waals surface area contributed by atoms with Crippen molar-refractivity contribution in [1.82, 2.24) is 0 Å². The molecular formula is C12H26Cl2O4. The third-order valence-electron chi connectivity index (χ3n) is 2.24. The zero-order valence-corrected chi connectivity index (χ0v) is 13.0. The van der Waals surface area contributed by atoms with Crippen LogP contribution in [0.25, 0.3) is 0 Å². The molecule has 0 spiro atoms. The molecule has 0 radical (unpaired) electrons. The average Bonchev–Trinajstić information content (AvgIpc) is 2.39. The number of rotatable bonds is 12. The first-order valence-electron chi connectivity index (χ1n) is 6.61. The van der Waals surface area contributed by atoms with Gasteiger partial charge in [-0.3, -0.25) is 0 Å². The summed E-state index contributed by atoms with van der Waals surface area (Å²) in [5.74, 6) is 0. The van der Waals surface area contributed by atoms with Crippen molar-refractivity contribution in [2.75, 3.05) is 13.2 Å². The fraction of sp³-hybridized carbons (Fsp3) is 1.00. The van der Waals surface area contributed by atoms with Crippen LogP contribution in [-0.4, -0.2) is 13.2 Å². The molecule has 0 saturated carbocycles. The predicted molar refractivity (Wildman–Crippen MR) is 60.2 cm³/mol. The van der Waals surface area contributed by atoms with E-state index in [0.717, 1.165) is 12.8 Å². The van der Waals surface area contributed by atoms with Gasteiger partial charge in [0.1, 0.15) is 13.2 Å². The number of hydrogen-bond donors (Lipinski definition) is 0. The van der Waals surface area contributed by atoms with Crippen molar-refractivity contribution in [2.24, 2.45) is 0 Å². The van der Waals surface area contributed by atoms with Crippen molar-refractivity contribution in [2.45, 2.75) is 65.2 Å². The highest BCUT2D eigenvalue weighted by molar-refractivity contribution is 4.37. The highest BCUT2D eigenvalue weighted by Crippen LogP contribution is 1.98. The molecule has 0 amide bonds. The second-order valence-electron chi connectivity index (χ2n) is 3.87. The second-order valence-corrected chi connectivity index (χ2v) is 4.56. The van der Waals surface area contributed by atoms with E-state index in [2.05, 4.69) is 22.4 Å². The summed E-state index contributed by atoms with van der Waals surface area (Å²) in [6, 6.07) is 0. The van der Waals surface area contributed by atoms with Gasteiger partial charge in [0.05, 0.1) is 0 Å². The highest BCUT2D eigenvalue weighted by Gasteiger charge is 1.92. The summed E-state index contributed by atoms with van der Waals surface area (Å²) in [4.78, 5) is 0. The first kappa shape index (κ1) is 20.7. The first-order chi connectivity index (χ1) is 8.83. The van der Waals surface area contributed by atoms with Gasteiger partial charge >= 0.3 is 22.7 Å². The minimum absolute atomic E-state index is 0.581. The predicted octanol–water partition coefficient (Wildman–Crippen LogP) is 1.72. The molecule has 6 heteroatoms. The molecule has 0 N–H and O–H groups in total. The fourth-order valence-corrected chi connectivity index (χ4v) is 1.57. The molecule has 0 aromatic rings. The van der Waals surface area contributed by atoms with Gasteiger partial charge in [0.25, 0.3) is 0 Å². The minimum Gasteiger partial charge on any atom is -0.506 e. The van der Waals surface area contributed by atoms with Crippen LogP contribution in [0.4, 0.5) is 0 Å². The maximum absolute atomic E-state index is 9.60. The topological polar surface area (TPSA) is 64.6 Å². The van der Waals surface area contributed by atoms with Crippen molar-refractivity contribution in [1.29, 1.82) is 0 Å². The molecular weight excluding hydrogens is 279 g/mol. The summed E-state index contributed by atoms with van der Waals surface area (Å²) < 4.78 is 28.2. The number of hydrogen-bond acceptors (Lipinski definition) is 4. The van der Waals surface area contributed by atoms with E-state index in [1.165, 1.54) is 38.5 Å². The average molecular weight is 305 g/mol.